The third-order valence-electron chi connectivity index (χ3n) is 1.86. The Labute approximate surface area is 85.6 Å². The molecule has 1 rings (SSSR count). The van der Waals surface area contributed by atoms with Crippen molar-refractivity contribution in [2.24, 2.45) is 0 Å². The zero-order chi connectivity index (χ0) is 10.1. The van der Waals surface area contributed by atoms with Crippen LogP contribution in [0.3, 0.4) is 0 Å². The molecule has 0 radical (unpaired) electrons. The number of methoxy groups -OCH3 is 1. The smallest absolute Gasteiger partial charge is 0.0587 e. The molecule has 2 nitrogen and oxygen atoms in total. The zero-order valence-electron chi connectivity index (χ0n) is 8.57. The summed E-state index contributed by atoms with van der Waals surface area (Å²) in [6, 6.07) is 10.3. The van der Waals surface area contributed by atoms with Crippen LogP contribution in [0.2, 0.25) is 0 Å². The van der Waals surface area contributed by atoms with Crippen molar-refractivity contribution in [2.45, 2.75) is 0 Å². The average molecular weight is 191 g/mol. The molecule has 2 heteroatoms. The van der Waals surface area contributed by atoms with Gasteiger partial charge in [-0.05, 0) is 5.56 Å². The summed E-state index contributed by atoms with van der Waals surface area (Å²) >= 11 is 0. The van der Waals surface area contributed by atoms with E-state index in [2.05, 4.69) is 29.6 Å². The summed E-state index contributed by atoms with van der Waals surface area (Å²) in [6.45, 7) is 2.55. The molecular weight excluding hydrogens is 174 g/mol. The van der Waals surface area contributed by atoms with Gasteiger partial charge in [0.2, 0.25) is 0 Å². The van der Waals surface area contributed by atoms with Crippen molar-refractivity contribution in [3.63, 3.8) is 0 Å². The summed E-state index contributed by atoms with van der Waals surface area (Å²) in [7, 11) is 1.71. The molecule has 0 saturated heterocycles. The summed E-state index contributed by atoms with van der Waals surface area (Å²) < 4.78 is 4.92. The van der Waals surface area contributed by atoms with E-state index in [0.29, 0.717) is 0 Å². The van der Waals surface area contributed by atoms with Gasteiger partial charge in [-0.1, -0.05) is 42.5 Å². The van der Waals surface area contributed by atoms with Crippen molar-refractivity contribution in [3.8, 4) is 0 Å². The molecule has 0 unspecified atom stereocenters. The van der Waals surface area contributed by atoms with Crippen molar-refractivity contribution >= 4 is 6.08 Å². The lowest BCUT2D eigenvalue weighted by Crippen LogP contribution is -2.18. The summed E-state index contributed by atoms with van der Waals surface area (Å²) in [5.41, 5.74) is 1.24. The molecular formula is C12H17NO. The predicted octanol–water partition coefficient (Wildman–Crippen LogP) is 1.94. The van der Waals surface area contributed by atoms with E-state index in [1.54, 1.807) is 7.11 Å². The van der Waals surface area contributed by atoms with E-state index in [1.807, 2.05) is 18.2 Å². The van der Waals surface area contributed by atoms with E-state index in [9.17, 15) is 0 Å². The molecule has 0 heterocycles. The van der Waals surface area contributed by atoms with Gasteiger partial charge < -0.3 is 10.1 Å². The number of nitrogens with one attached hydrogen (secondary N) is 1. The van der Waals surface area contributed by atoms with Crippen LogP contribution in [-0.2, 0) is 4.74 Å². The van der Waals surface area contributed by atoms with Gasteiger partial charge in [-0.15, -0.1) is 0 Å². The largest absolute Gasteiger partial charge is 0.383 e. The maximum absolute atomic E-state index is 4.92. The number of benzene rings is 1. The summed E-state index contributed by atoms with van der Waals surface area (Å²) in [6.07, 6.45) is 4.23. The molecule has 0 aliphatic carbocycles. The molecule has 1 N–H and O–H groups in total. The Balaban J connectivity index is 2.15. The number of hydrogen-bond acceptors (Lipinski definition) is 2. The van der Waals surface area contributed by atoms with Gasteiger partial charge in [0, 0.05) is 20.2 Å². The normalized spacial score (nSPS) is 10.9. The fourth-order valence-electron chi connectivity index (χ4n) is 1.12. The SMILES string of the molecule is COCCNC/C=C\c1ccccc1. The first-order valence-corrected chi connectivity index (χ1v) is 4.84. The van der Waals surface area contributed by atoms with Crippen LogP contribution in [0.4, 0.5) is 0 Å². The zero-order valence-corrected chi connectivity index (χ0v) is 8.57. The average Bonchev–Trinajstić information content (AvgIpc) is 2.25. The van der Waals surface area contributed by atoms with Crippen molar-refractivity contribution < 1.29 is 4.74 Å². The van der Waals surface area contributed by atoms with Crippen molar-refractivity contribution in [1.29, 1.82) is 0 Å². The van der Waals surface area contributed by atoms with Gasteiger partial charge >= 0.3 is 0 Å². The standard InChI is InChI=1S/C12H17NO/c1-14-11-10-13-9-5-8-12-6-3-2-4-7-12/h2-8,13H,9-11H2,1H3/b8-5-. The topological polar surface area (TPSA) is 21.3 Å². The van der Waals surface area contributed by atoms with Crippen molar-refractivity contribution in [3.05, 3.63) is 42.0 Å². The van der Waals surface area contributed by atoms with Gasteiger partial charge in [0.25, 0.3) is 0 Å². The first kappa shape index (κ1) is 11.0. The Morgan fingerprint density at radius 1 is 1.29 bits per heavy atom. The predicted molar refractivity (Wildman–Crippen MR) is 60.2 cm³/mol. The molecule has 0 fully saturated rings. The van der Waals surface area contributed by atoms with Gasteiger partial charge in [0.1, 0.15) is 0 Å². The number of ether oxygens (including phenoxy) is 1. The second-order valence-electron chi connectivity index (χ2n) is 3.01. The lowest BCUT2D eigenvalue weighted by atomic mass is 10.2. The molecule has 76 valence electrons. The van der Waals surface area contributed by atoms with Crippen LogP contribution < -0.4 is 5.32 Å². The summed E-state index contributed by atoms with van der Waals surface area (Å²) in [4.78, 5) is 0. The lowest BCUT2D eigenvalue weighted by Gasteiger charge is -1.98. The van der Waals surface area contributed by atoms with Crippen LogP contribution >= 0.6 is 0 Å². The van der Waals surface area contributed by atoms with Crippen LogP contribution in [0.25, 0.3) is 6.08 Å². The minimum Gasteiger partial charge on any atom is -0.383 e. The number of hydrogen-bond donors (Lipinski definition) is 1. The van der Waals surface area contributed by atoms with E-state index in [4.69, 9.17) is 4.74 Å². The highest BCUT2D eigenvalue weighted by atomic mass is 16.5. The van der Waals surface area contributed by atoms with Gasteiger partial charge in [-0.2, -0.15) is 0 Å². The van der Waals surface area contributed by atoms with Gasteiger partial charge in [0.15, 0.2) is 0 Å². The summed E-state index contributed by atoms with van der Waals surface area (Å²) in [5.74, 6) is 0. The molecule has 1 aromatic carbocycles. The maximum atomic E-state index is 4.92. The number of rotatable bonds is 6. The van der Waals surface area contributed by atoms with E-state index >= 15 is 0 Å². The first-order chi connectivity index (χ1) is 6.93. The molecule has 0 amide bonds. The first-order valence-electron chi connectivity index (χ1n) is 4.84. The molecule has 0 atom stereocenters. The molecule has 14 heavy (non-hydrogen) atoms. The third-order valence-corrected chi connectivity index (χ3v) is 1.86. The third kappa shape index (κ3) is 4.80. The Hall–Kier alpha value is -1.12. The highest BCUT2D eigenvalue weighted by Gasteiger charge is 1.83. The molecule has 0 aromatic heterocycles. The van der Waals surface area contributed by atoms with E-state index in [-0.39, 0.29) is 0 Å². The van der Waals surface area contributed by atoms with Crippen LogP contribution in [0, 0.1) is 0 Å². The van der Waals surface area contributed by atoms with Crippen LogP contribution in [0.15, 0.2) is 36.4 Å². The van der Waals surface area contributed by atoms with Gasteiger partial charge in [-0.25, -0.2) is 0 Å². The fraction of sp³-hybridized carbons (Fsp3) is 0.333. The minimum atomic E-state index is 0.763. The minimum absolute atomic E-state index is 0.763. The fourth-order valence-corrected chi connectivity index (χ4v) is 1.12. The highest BCUT2D eigenvalue weighted by molar-refractivity contribution is 5.48. The second-order valence-corrected chi connectivity index (χ2v) is 3.01. The molecule has 0 aliphatic rings. The van der Waals surface area contributed by atoms with E-state index < -0.39 is 0 Å². The van der Waals surface area contributed by atoms with Crippen molar-refractivity contribution in [2.75, 3.05) is 26.8 Å². The van der Waals surface area contributed by atoms with Crippen molar-refractivity contribution in [1.82, 2.24) is 5.32 Å². The molecule has 0 aliphatic heterocycles. The summed E-state index contributed by atoms with van der Waals surface area (Å²) in [5, 5.41) is 3.24. The Bertz CT molecular complexity index is 256. The molecule has 1 aromatic rings. The Morgan fingerprint density at radius 3 is 2.79 bits per heavy atom. The Morgan fingerprint density at radius 2 is 2.07 bits per heavy atom. The van der Waals surface area contributed by atoms with E-state index in [0.717, 1.165) is 19.7 Å². The highest BCUT2D eigenvalue weighted by Crippen LogP contribution is 1.99. The molecule has 0 bridgehead atoms. The molecule has 0 spiro atoms. The van der Waals surface area contributed by atoms with Gasteiger partial charge in [0.05, 0.1) is 6.61 Å². The second kappa shape index (κ2) is 7.30. The molecule has 0 saturated carbocycles. The monoisotopic (exact) mass is 191 g/mol. The maximum Gasteiger partial charge on any atom is 0.0587 e. The van der Waals surface area contributed by atoms with Crippen LogP contribution in [-0.4, -0.2) is 26.8 Å². The van der Waals surface area contributed by atoms with Crippen LogP contribution in [0.5, 0.6) is 0 Å². The van der Waals surface area contributed by atoms with Crippen LogP contribution in [0.1, 0.15) is 5.56 Å². The van der Waals surface area contributed by atoms with E-state index in [1.165, 1.54) is 5.56 Å². The lowest BCUT2D eigenvalue weighted by molar-refractivity contribution is 0.200. The quantitative estimate of drug-likeness (QED) is 0.694. The van der Waals surface area contributed by atoms with Gasteiger partial charge in [-0.3, -0.25) is 0 Å². The Kier molecular flexibility index (Phi) is 5.71.